The van der Waals surface area contributed by atoms with Crippen LogP contribution in [0.25, 0.3) is 17.1 Å². The summed E-state index contributed by atoms with van der Waals surface area (Å²) in [5.41, 5.74) is 1.70. The number of rotatable bonds is 7. The van der Waals surface area contributed by atoms with E-state index in [9.17, 15) is 14.9 Å². The number of nitrogens with one attached hydrogen (secondary N) is 1. The number of aryl methyl sites for hydroxylation is 1. The van der Waals surface area contributed by atoms with Gasteiger partial charge in [0, 0.05) is 49.1 Å². The molecule has 0 radical (unpaired) electrons. The van der Waals surface area contributed by atoms with E-state index in [1.807, 2.05) is 24.4 Å². The second kappa shape index (κ2) is 8.06. The lowest BCUT2D eigenvalue weighted by Gasteiger charge is -2.05. The third kappa shape index (κ3) is 4.32. The summed E-state index contributed by atoms with van der Waals surface area (Å²) in [6, 6.07) is 12.0. The number of nitrogens with zero attached hydrogens (tertiary/aromatic N) is 3. The van der Waals surface area contributed by atoms with Crippen LogP contribution in [0.3, 0.4) is 0 Å². The minimum absolute atomic E-state index is 0.0265. The molecule has 7 nitrogen and oxygen atoms in total. The molecule has 0 unspecified atom stereocenters. The topological polar surface area (TPSA) is 90.1 Å². The summed E-state index contributed by atoms with van der Waals surface area (Å²) in [4.78, 5) is 26.3. The maximum Gasteiger partial charge on any atom is 0.269 e. The number of nitro benzene ring substituents is 1. The number of pyridine rings is 1. The summed E-state index contributed by atoms with van der Waals surface area (Å²) in [6.07, 6.45) is 7.60. The Morgan fingerprint density at radius 2 is 2.04 bits per heavy atom. The van der Waals surface area contributed by atoms with Gasteiger partial charge in [-0.15, -0.1) is 0 Å². The van der Waals surface area contributed by atoms with Crippen LogP contribution in [-0.4, -0.2) is 26.9 Å². The number of nitro groups is 1. The van der Waals surface area contributed by atoms with Gasteiger partial charge in [0.15, 0.2) is 0 Å². The van der Waals surface area contributed by atoms with E-state index in [4.69, 9.17) is 0 Å². The highest BCUT2D eigenvalue weighted by molar-refractivity contribution is 5.91. The SMILES string of the molecule is O=C(C=Cc1ccc([N+](=O)[O-])cc1)NCCCn1ccc2cccnc21. The fourth-order valence-electron chi connectivity index (χ4n) is 2.60. The van der Waals surface area contributed by atoms with E-state index in [0.717, 1.165) is 29.6 Å². The van der Waals surface area contributed by atoms with E-state index in [1.54, 1.807) is 24.4 Å². The molecule has 0 aliphatic rings. The number of hydrogen-bond acceptors (Lipinski definition) is 4. The zero-order chi connectivity index (χ0) is 18.4. The van der Waals surface area contributed by atoms with E-state index in [2.05, 4.69) is 14.9 Å². The van der Waals surface area contributed by atoms with Gasteiger partial charge in [-0.25, -0.2) is 4.98 Å². The highest BCUT2D eigenvalue weighted by Gasteiger charge is 2.03. The molecule has 0 atom stereocenters. The monoisotopic (exact) mass is 350 g/mol. The van der Waals surface area contributed by atoms with Crippen LogP contribution in [-0.2, 0) is 11.3 Å². The molecule has 7 heteroatoms. The molecule has 1 aromatic carbocycles. The van der Waals surface area contributed by atoms with Gasteiger partial charge in [0.05, 0.1) is 4.92 Å². The first-order chi connectivity index (χ1) is 12.6. The van der Waals surface area contributed by atoms with Crippen molar-refractivity contribution in [3.05, 3.63) is 76.6 Å². The molecular weight excluding hydrogens is 332 g/mol. The summed E-state index contributed by atoms with van der Waals surface area (Å²) in [6.45, 7) is 1.32. The molecule has 0 bridgehead atoms. The first-order valence-electron chi connectivity index (χ1n) is 8.24. The zero-order valence-electron chi connectivity index (χ0n) is 14.0. The minimum Gasteiger partial charge on any atom is -0.352 e. The number of fused-ring (bicyclic) bond motifs is 1. The van der Waals surface area contributed by atoms with Crippen LogP contribution in [0, 0.1) is 10.1 Å². The predicted molar refractivity (Wildman–Crippen MR) is 99.5 cm³/mol. The molecule has 3 rings (SSSR count). The molecule has 0 spiro atoms. The molecule has 132 valence electrons. The lowest BCUT2D eigenvalue weighted by molar-refractivity contribution is -0.384. The average Bonchev–Trinajstić information content (AvgIpc) is 3.07. The molecule has 2 heterocycles. The zero-order valence-corrected chi connectivity index (χ0v) is 14.0. The van der Waals surface area contributed by atoms with Crippen molar-refractivity contribution in [2.75, 3.05) is 6.54 Å². The van der Waals surface area contributed by atoms with E-state index in [-0.39, 0.29) is 11.6 Å². The molecule has 0 fully saturated rings. The van der Waals surface area contributed by atoms with Gasteiger partial charge in [0.25, 0.3) is 5.69 Å². The van der Waals surface area contributed by atoms with Crippen LogP contribution in [0.5, 0.6) is 0 Å². The molecule has 0 aliphatic carbocycles. The fraction of sp³-hybridized carbons (Fsp3) is 0.158. The molecule has 0 saturated heterocycles. The highest BCUT2D eigenvalue weighted by atomic mass is 16.6. The number of hydrogen-bond donors (Lipinski definition) is 1. The van der Waals surface area contributed by atoms with Crippen molar-refractivity contribution in [3.63, 3.8) is 0 Å². The Balaban J connectivity index is 1.44. The number of aromatic nitrogens is 2. The predicted octanol–water partition coefficient (Wildman–Crippen LogP) is 3.16. The summed E-state index contributed by atoms with van der Waals surface area (Å²) < 4.78 is 2.06. The van der Waals surface area contributed by atoms with E-state index < -0.39 is 4.92 Å². The van der Waals surface area contributed by atoms with Crippen molar-refractivity contribution >= 4 is 28.7 Å². The standard InChI is InChI=1S/C19H18N4O3/c24-18(9-6-15-4-7-17(8-5-15)23(25)26)20-12-2-13-22-14-10-16-3-1-11-21-19(16)22/h1,3-11,14H,2,12-13H2,(H,20,24). The highest BCUT2D eigenvalue weighted by Crippen LogP contribution is 2.13. The third-order valence-corrected chi connectivity index (χ3v) is 3.93. The quantitative estimate of drug-likeness (QED) is 0.307. The van der Waals surface area contributed by atoms with E-state index in [1.165, 1.54) is 18.2 Å². The Morgan fingerprint density at radius 3 is 2.81 bits per heavy atom. The number of non-ortho nitro benzene ring substituents is 1. The first kappa shape index (κ1) is 17.3. The molecule has 1 amide bonds. The number of carbonyl (C=O) groups is 1. The molecule has 0 saturated carbocycles. The van der Waals surface area contributed by atoms with Crippen molar-refractivity contribution < 1.29 is 9.72 Å². The van der Waals surface area contributed by atoms with Crippen LogP contribution in [0.2, 0.25) is 0 Å². The molecule has 26 heavy (non-hydrogen) atoms. The van der Waals surface area contributed by atoms with Gasteiger partial charge in [-0.05, 0) is 48.4 Å². The summed E-state index contributed by atoms with van der Waals surface area (Å²) >= 11 is 0. The Kier molecular flexibility index (Phi) is 5.38. The van der Waals surface area contributed by atoms with Gasteiger partial charge >= 0.3 is 0 Å². The largest absolute Gasteiger partial charge is 0.352 e. The molecule has 0 aliphatic heterocycles. The summed E-state index contributed by atoms with van der Waals surface area (Å²) in [7, 11) is 0. The van der Waals surface area contributed by atoms with Gasteiger partial charge < -0.3 is 9.88 Å². The number of benzene rings is 1. The van der Waals surface area contributed by atoms with Gasteiger partial charge in [0.2, 0.25) is 5.91 Å². The maximum absolute atomic E-state index is 11.8. The van der Waals surface area contributed by atoms with Gasteiger partial charge in [-0.2, -0.15) is 0 Å². The average molecular weight is 350 g/mol. The lowest BCUT2D eigenvalue weighted by atomic mass is 10.2. The summed E-state index contributed by atoms with van der Waals surface area (Å²) in [5.74, 6) is -0.196. The summed E-state index contributed by atoms with van der Waals surface area (Å²) in [5, 5.41) is 14.5. The Hall–Kier alpha value is -3.48. The molecule has 2 aromatic heterocycles. The second-order valence-corrected chi connectivity index (χ2v) is 5.75. The normalized spacial score (nSPS) is 11.1. The minimum atomic E-state index is -0.455. The molecule has 3 aromatic rings. The van der Waals surface area contributed by atoms with Crippen molar-refractivity contribution in [1.29, 1.82) is 0 Å². The van der Waals surface area contributed by atoms with Crippen molar-refractivity contribution in [3.8, 4) is 0 Å². The second-order valence-electron chi connectivity index (χ2n) is 5.75. The maximum atomic E-state index is 11.8. The van der Waals surface area contributed by atoms with Gasteiger partial charge in [-0.1, -0.05) is 0 Å². The van der Waals surface area contributed by atoms with Crippen LogP contribution in [0.15, 0.2) is 60.9 Å². The number of amides is 1. The van der Waals surface area contributed by atoms with E-state index in [0.29, 0.717) is 6.54 Å². The van der Waals surface area contributed by atoms with Crippen molar-refractivity contribution in [1.82, 2.24) is 14.9 Å². The number of carbonyl (C=O) groups excluding carboxylic acids is 1. The van der Waals surface area contributed by atoms with Crippen molar-refractivity contribution in [2.45, 2.75) is 13.0 Å². The van der Waals surface area contributed by atoms with Gasteiger partial charge in [0.1, 0.15) is 5.65 Å². The van der Waals surface area contributed by atoms with Crippen LogP contribution in [0.4, 0.5) is 5.69 Å². The Bertz CT molecular complexity index is 945. The Morgan fingerprint density at radius 1 is 1.23 bits per heavy atom. The smallest absolute Gasteiger partial charge is 0.269 e. The third-order valence-electron chi connectivity index (χ3n) is 3.93. The molecular formula is C19H18N4O3. The lowest BCUT2D eigenvalue weighted by Crippen LogP contribution is -2.23. The van der Waals surface area contributed by atoms with Gasteiger partial charge in [-0.3, -0.25) is 14.9 Å². The van der Waals surface area contributed by atoms with Crippen molar-refractivity contribution in [2.24, 2.45) is 0 Å². The van der Waals surface area contributed by atoms with Crippen LogP contribution < -0.4 is 5.32 Å². The first-order valence-corrected chi connectivity index (χ1v) is 8.24. The van der Waals surface area contributed by atoms with Crippen LogP contribution >= 0.6 is 0 Å². The van der Waals surface area contributed by atoms with E-state index >= 15 is 0 Å². The molecule has 1 N–H and O–H groups in total. The Labute approximate surface area is 150 Å². The fourth-order valence-corrected chi connectivity index (χ4v) is 2.60. The van der Waals surface area contributed by atoms with Crippen LogP contribution in [0.1, 0.15) is 12.0 Å².